The van der Waals surface area contributed by atoms with Gasteiger partial charge in [-0.05, 0) is 31.5 Å². The molecular formula is C12H20N4O2S2. The van der Waals surface area contributed by atoms with Gasteiger partial charge in [0.05, 0.1) is 11.5 Å². The monoisotopic (exact) mass is 316 g/mol. The Hall–Kier alpha value is -0.890. The highest BCUT2D eigenvalue weighted by atomic mass is 32.2. The van der Waals surface area contributed by atoms with Crippen LogP contribution in [0.1, 0.15) is 38.1 Å². The number of anilines is 1. The fourth-order valence-electron chi connectivity index (χ4n) is 3.15. The van der Waals surface area contributed by atoms with Crippen LogP contribution in [0.25, 0.3) is 0 Å². The van der Waals surface area contributed by atoms with Crippen LogP contribution in [0.2, 0.25) is 0 Å². The fraction of sp³-hybridized carbons (Fsp3) is 0.833. The number of H-pyrrole nitrogens is 1. The normalized spacial score (nSPS) is 23.9. The molecule has 0 unspecified atom stereocenters. The summed E-state index contributed by atoms with van der Waals surface area (Å²) in [6, 6.07) is 0.413. The minimum absolute atomic E-state index is 0.206. The third-order valence-electron chi connectivity index (χ3n) is 4.21. The summed E-state index contributed by atoms with van der Waals surface area (Å²) in [6.45, 7) is 1.24. The van der Waals surface area contributed by atoms with Crippen LogP contribution in [-0.2, 0) is 9.84 Å². The maximum absolute atomic E-state index is 11.7. The van der Waals surface area contributed by atoms with Gasteiger partial charge >= 0.3 is 0 Å². The van der Waals surface area contributed by atoms with E-state index in [1.54, 1.807) is 0 Å². The maximum atomic E-state index is 11.7. The maximum Gasteiger partial charge on any atom is 0.226 e. The van der Waals surface area contributed by atoms with E-state index in [1.807, 2.05) is 0 Å². The molecule has 0 aromatic carbocycles. The van der Waals surface area contributed by atoms with Gasteiger partial charge in [0.2, 0.25) is 5.95 Å². The van der Waals surface area contributed by atoms with Crippen molar-refractivity contribution >= 4 is 28.0 Å². The highest BCUT2D eigenvalue weighted by Crippen LogP contribution is 2.32. The molecule has 3 rings (SSSR count). The lowest BCUT2D eigenvalue weighted by Crippen LogP contribution is -2.30. The van der Waals surface area contributed by atoms with Crippen LogP contribution in [0, 0.1) is 4.77 Å². The van der Waals surface area contributed by atoms with Gasteiger partial charge in [-0.15, -0.1) is 5.10 Å². The van der Waals surface area contributed by atoms with Crippen molar-refractivity contribution in [3.05, 3.63) is 4.77 Å². The Morgan fingerprint density at radius 3 is 2.65 bits per heavy atom. The number of aromatic nitrogens is 3. The lowest BCUT2D eigenvalue weighted by Gasteiger charge is -2.23. The van der Waals surface area contributed by atoms with E-state index < -0.39 is 9.84 Å². The van der Waals surface area contributed by atoms with Crippen molar-refractivity contribution in [3.8, 4) is 0 Å². The van der Waals surface area contributed by atoms with Crippen LogP contribution < -0.4 is 4.90 Å². The van der Waals surface area contributed by atoms with E-state index in [0.717, 1.165) is 25.3 Å². The number of hydrogen-bond acceptors (Lipinski definition) is 5. The molecule has 0 atom stereocenters. The molecule has 8 heteroatoms. The summed E-state index contributed by atoms with van der Waals surface area (Å²) in [7, 11) is -2.90. The Kier molecular flexibility index (Phi) is 3.85. The first-order valence-corrected chi connectivity index (χ1v) is 9.42. The Balaban J connectivity index is 1.88. The van der Waals surface area contributed by atoms with Crippen LogP contribution in [0.15, 0.2) is 0 Å². The van der Waals surface area contributed by atoms with Crippen LogP contribution in [0.3, 0.4) is 0 Å². The van der Waals surface area contributed by atoms with Crippen LogP contribution >= 0.6 is 12.2 Å². The molecule has 1 aliphatic carbocycles. The average molecular weight is 316 g/mol. The van der Waals surface area contributed by atoms with Crippen molar-refractivity contribution in [1.82, 2.24) is 14.8 Å². The largest absolute Gasteiger partial charge is 0.340 e. The first-order chi connectivity index (χ1) is 9.57. The first kappa shape index (κ1) is 14.1. The Morgan fingerprint density at radius 2 is 1.90 bits per heavy atom. The summed E-state index contributed by atoms with van der Waals surface area (Å²) >= 11 is 5.36. The second-order valence-electron chi connectivity index (χ2n) is 5.63. The highest BCUT2D eigenvalue weighted by molar-refractivity contribution is 7.91. The quantitative estimate of drug-likeness (QED) is 0.841. The molecule has 1 saturated heterocycles. The molecule has 6 nitrogen and oxygen atoms in total. The predicted octanol–water partition coefficient (Wildman–Crippen LogP) is 1.68. The molecule has 1 aromatic heterocycles. The fourth-order valence-corrected chi connectivity index (χ4v) is 4.70. The Bertz CT molecular complexity index is 628. The topological polar surface area (TPSA) is 71.0 Å². The molecule has 1 aromatic rings. The minimum Gasteiger partial charge on any atom is -0.340 e. The van der Waals surface area contributed by atoms with Crippen LogP contribution in [-0.4, -0.2) is 47.8 Å². The molecule has 1 saturated carbocycles. The zero-order valence-corrected chi connectivity index (χ0v) is 13.0. The summed E-state index contributed by atoms with van der Waals surface area (Å²) in [6.07, 6.45) is 5.38. The van der Waals surface area contributed by atoms with Crippen molar-refractivity contribution in [3.63, 3.8) is 0 Å². The molecule has 0 amide bonds. The van der Waals surface area contributed by atoms with Crippen molar-refractivity contribution in [1.29, 1.82) is 0 Å². The van der Waals surface area contributed by atoms with Crippen LogP contribution in [0.4, 0.5) is 5.95 Å². The lowest BCUT2D eigenvalue weighted by atomic mass is 10.2. The van der Waals surface area contributed by atoms with E-state index in [9.17, 15) is 8.42 Å². The molecule has 0 spiro atoms. The average Bonchev–Trinajstić information content (AvgIpc) is 2.99. The number of nitrogens with one attached hydrogen (secondary N) is 1. The summed E-state index contributed by atoms with van der Waals surface area (Å²) in [5.41, 5.74) is 0. The standard InChI is InChI=1S/C12H20N4O2S2/c17-20(18)8-3-6-15(7-9-20)11-13-14-12(19)16(11)10-4-1-2-5-10/h10H,1-9H2,(H,14,19). The molecule has 2 fully saturated rings. The van der Waals surface area contributed by atoms with Gasteiger partial charge in [-0.3, -0.25) is 4.57 Å². The summed E-state index contributed by atoms with van der Waals surface area (Å²) in [4.78, 5) is 2.06. The number of hydrogen-bond donors (Lipinski definition) is 1. The van der Waals surface area contributed by atoms with E-state index >= 15 is 0 Å². The summed E-state index contributed by atoms with van der Waals surface area (Å²) < 4.78 is 26.2. The third-order valence-corrected chi connectivity index (χ3v) is 6.22. The first-order valence-electron chi connectivity index (χ1n) is 7.19. The van der Waals surface area contributed by atoms with E-state index in [1.165, 1.54) is 12.8 Å². The lowest BCUT2D eigenvalue weighted by molar-refractivity contribution is 0.506. The number of nitrogens with zero attached hydrogens (tertiary/aromatic N) is 3. The van der Waals surface area contributed by atoms with Crippen molar-refractivity contribution in [2.45, 2.75) is 38.1 Å². The third kappa shape index (κ3) is 2.76. The smallest absolute Gasteiger partial charge is 0.226 e. The predicted molar refractivity (Wildman–Crippen MR) is 80.4 cm³/mol. The molecule has 1 aliphatic heterocycles. The van der Waals surface area contributed by atoms with E-state index in [4.69, 9.17) is 12.2 Å². The molecular weight excluding hydrogens is 296 g/mol. The van der Waals surface area contributed by atoms with Gasteiger partial charge in [-0.1, -0.05) is 12.8 Å². The van der Waals surface area contributed by atoms with Gasteiger partial charge < -0.3 is 4.90 Å². The van der Waals surface area contributed by atoms with Gasteiger partial charge in [0.1, 0.15) is 0 Å². The zero-order valence-electron chi connectivity index (χ0n) is 11.4. The Morgan fingerprint density at radius 1 is 1.15 bits per heavy atom. The van der Waals surface area contributed by atoms with E-state index in [2.05, 4.69) is 19.7 Å². The van der Waals surface area contributed by atoms with Crippen molar-refractivity contribution in [2.24, 2.45) is 0 Å². The molecule has 1 N–H and O–H groups in total. The van der Waals surface area contributed by atoms with Crippen molar-refractivity contribution in [2.75, 3.05) is 29.5 Å². The van der Waals surface area contributed by atoms with Gasteiger partial charge in [0, 0.05) is 19.1 Å². The highest BCUT2D eigenvalue weighted by Gasteiger charge is 2.26. The minimum atomic E-state index is -2.90. The molecule has 2 heterocycles. The summed E-state index contributed by atoms with van der Waals surface area (Å²) in [5, 5.41) is 7.23. The zero-order chi connectivity index (χ0) is 14.2. The van der Waals surface area contributed by atoms with Gasteiger partial charge in [-0.25, -0.2) is 13.5 Å². The molecule has 20 heavy (non-hydrogen) atoms. The van der Waals surface area contributed by atoms with Gasteiger partial charge in [-0.2, -0.15) is 0 Å². The van der Waals surface area contributed by atoms with Crippen molar-refractivity contribution < 1.29 is 8.42 Å². The Labute approximate surface area is 124 Å². The number of sulfone groups is 1. The van der Waals surface area contributed by atoms with E-state index in [0.29, 0.717) is 23.8 Å². The molecule has 2 aliphatic rings. The van der Waals surface area contributed by atoms with E-state index in [-0.39, 0.29) is 11.5 Å². The molecule has 112 valence electrons. The summed E-state index contributed by atoms with van der Waals surface area (Å²) in [5.74, 6) is 1.30. The molecule has 0 bridgehead atoms. The SMILES string of the molecule is O=S1(=O)CCCN(c2n[nH]c(=S)n2C2CCCC2)CC1. The number of aromatic amines is 1. The molecule has 0 radical (unpaired) electrons. The number of rotatable bonds is 2. The second kappa shape index (κ2) is 5.48. The second-order valence-corrected chi connectivity index (χ2v) is 8.32. The van der Waals surface area contributed by atoms with Gasteiger partial charge in [0.25, 0.3) is 0 Å². The van der Waals surface area contributed by atoms with Crippen LogP contribution in [0.5, 0.6) is 0 Å². The van der Waals surface area contributed by atoms with Gasteiger partial charge in [0.15, 0.2) is 14.6 Å².